The van der Waals surface area contributed by atoms with Gasteiger partial charge in [-0.15, -0.1) is 0 Å². The number of hydrogen-bond acceptors (Lipinski definition) is 6. The second-order valence-electron chi connectivity index (χ2n) is 24.3. The number of carbonyl (C=O) groups excluding carboxylic acids is 2. The van der Waals surface area contributed by atoms with Gasteiger partial charge in [-0.2, -0.15) is 23.4 Å². The number of alkyl halides is 4. The fourth-order valence-corrected chi connectivity index (χ4v) is 17.6. The maximum absolute atomic E-state index is 13.3. The molecule has 16 atom stereocenters. The van der Waals surface area contributed by atoms with E-state index in [1.54, 1.807) is 6.20 Å². The average molecular weight is 1010 g/mol. The summed E-state index contributed by atoms with van der Waals surface area (Å²) in [6.07, 6.45) is 20.8. The van der Waals surface area contributed by atoms with Crippen molar-refractivity contribution < 1.29 is 33.0 Å². The van der Waals surface area contributed by atoms with E-state index in [1.807, 2.05) is 27.0 Å². The molecule has 8 fully saturated rings. The molecule has 8 aliphatic carbocycles. The number of fused-ring (bicyclic) bond motifs is 10. The Bertz CT molecular complexity index is 1990. The largest absolute Gasteiger partial charge is 0.419 e. The van der Waals surface area contributed by atoms with Crippen LogP contribution in [-0.4, -0.2) is 58.3 Å². The molecule has 2 aromatic heterocycles. The number of aryl methyl sites for hydroxylation is 1. The molecular weight excluding hydrogens is 918 g/mol. The van der Waals surface area contributed by atoms with E-state index in [-0.39, 0.29) is 62.7 Å². The van der Waals surface area contributed by atoms with E-state index in [9.17, 15) is 33.0 Å². The maximum Gasteiger partial charge on any atom is 0.419 e. The van der Waals surface area contributed by atoms with Crippen LogP contribution in [0.5, 0.6) is 0 Å². The normalized spacial score (nSPS) is 43.7. The zero-order valence-electron chi connectivity index (χ0n) is 39.8. The Morgan fingerprint density at radius 2 is 1.13 bits per heavy atom. The number of nitrogens with zero attached hydrogens (tertiary/aromatic N) is 3. The number of rotatable bonds is 5. The van der Waals surface area contributed by atoms with Crippen LogP contribution < -0.4 is 0 Å². The van der Waals surface area contributed by atoms with Gasteiger partial charge >= 0.3 is 6.18 Å². The van der Waals surface area contributed by atoms with Crippen LogP contribution in [-0.2, 0) is 22.3 Å². The Kier molecular flexibility index (Phi) is 16.9. The van der Waals surface area contributed by atoms with Gasteiger partial charge < -0.3 is 10.2 Å². The van der Waals surface area contributed by atoms with Crippen molar-refractivity contribution in [2.45, 2.75) is 210 Å². The smallest absolute Gasteiger partial charge is 0.390 e. The average Bonchev–Trinajstić information content (AvgIpc) is 4.04. The first kappa shape index (κ1) is 55.9. The molecule has 10 rings (SSSR count). The highest BCUT2D eigenvalue weighted by molar-refractivity contribution is 9.09. The van der Waals surface area contributed by atoms with Gasteiger partial charge in [-0.05, 0) is 211 Å². The lowest BCUT2D eigenvalue weighted by molar-refractivity contribution is -0.151. The minimum absolute atomic E-state index is 0. The molecule has 3 N–H and O–H groups in total. The minimum Gasteiger partial charge on any atom is -0.390 e. The van der Waals surface area contributed by atoms with Gasteiger partial charge in [0.25, 0.3) is 0 Å². The SMILES string of the molecule is C.C.C.C[C@@]1(O)CC[C@@]2(C)[C@H](CC[C@@H]3[C@@H]2CC[C@]2(C)[C@@H](C(=O)CBr)CC[C@@H]32)C1.C[C@@]1(O)CC[C@@]2(C)[C@H](CC[C@@H]3[C@@H]2CC[C@]2(C)[C@@H](C(=O)Cn4cc(C(F)(F)F)cn4)CC[C@@H]32)C1.Cc1cn[nH]c1. The molecule has 8 aliphatic rings. The summed E-state index contributed by atoms with van der Waals surface area (Å²) in [7, 11) is 0. The number of Topliss-reactive ketones (excluding diaryl/α,β-unsaturated/α-hetero) is 2. The topological polar surface area (TPSA) is 121 Å². The molecule has 0 amide bonds. The number of aromatic nitrogens is 4. The van der Waals surface area contributed by atoms with Crippen molar-refractivity contribution in [2.75, 3.05) is 5.33 Å². The lowest BCUT2D eigenvalue weighted by Gasteiger charge is -2.61. The first-order chi connectivity index (χ1) is 29.9. The summed E-state index contributed by atoms with van der Waals surface area (Å²) >= 11 is 3.43. The van der Waals surface area contributed by atoms with Crippen molar-refractivity contribution in [3.8, 4) is 0 Å². The molecule has 0 unspecified atom stereocenters. The number of nitrogens with one attached hydrogen (secondary N) is 1. The molecule has 8 saturated carbocycles. The third kappa shape index (κ3) is 10.4. The number of hydrogen-bond donors (Lipinski definition) is 3. The summed E-state index contributed by atoms with van der Waals surface area (Å²) in [5.41, 5.74) is 0.265. The Hall–Kier alpha value is -2.05. The van der Waals surface area contributed by atoms with Gasteiger partial charge in [0.2, 0.25) is 0 Å². The van der Waals surface area contributed by atoms with Crippen LogP contribution in [0.4, 0.5) is 13.2 Å². The molecule has 8 nitrogen and oxygen atoms in total. The predicted molar refractivity (Wildman–Crippen MR) is 266 cm³/mol. The Balaban J connectivity index is 0.000000219. The van der Waals surface area contributed by atoms with E-state index in [2.05, 4.69) is 58.9 Å². The number of H-pyrrole nitrogens is 1. The van der Waals surface area contributed by atoms with Gasteiger partial charge in [-0.25, -0.2) is 0 Å². The second-order valence-corrected chi connectivity index (χ2v) is 24.9. The quantitative estimate of drug-likeness (QED) is 0.257. The standard InChI is InChI=1S/C26H37F3N2O2.C22H35BrO2.C4H6N2.3CH4/c1-23(33)10-11-24(2)16(12-23)4-5-18-19-6-7-21(25(19,3)9-8-20(18)24)22(32)15-31-14-17(13-30-31)26(27,28)29;1-20(25)10-11-21(2)14(12-20)4-5-15-16-6-7-18(19(24)13-23)22(16,3)9-8-17(15)21;1-4-2-5-6-3-4;;;/h13-14,16,18-21,33H,4-12,15H2,1-3H3;14-18,25H,4-13H2,1-3H3;2-3H,1H3,(H,5,6);3*1H4/t16-,18+,19+,20+,21-,23-,24+,25+;14-,15+,16+,17+,18-,20-,21+,22+;;;;/m11..../s1. The van der Waals surface area contributed by atoms with Crippen molar-refractivity contribution >= 4 is 27.5 Å². The van der Waals surface area contributed by atoms with Crippen molar-refractivity contribution in [1.29, 1.82) is 0 Å². The second kappa shape index (κ2) is 20.2. The summed E-state index contributed by atoms with van der Waals surface area (Å²) in [4.78, 5) is 25.8. The molecule has 382 valence electrons. The highest BCUT2D eigenvalue weighted by Crippen LogP contribution is 2.70. The molecule has 2 heterocycles. The molecule has 12 heteroatoms. The molecule has 0 spiro atoms. The lowest BCUT2D eigenvalue weighted by atomic mass is 9.44. The summed E-state index contributed by atoms with van der Waals surface area (Å²) < 4.78 is 39.9. The van der Waals surface area contributed by atoms with Gasteiger partial charge in [0, 0.05) is 24.2 Å². The van der Waals surface area contributed by atoms with Gasteiger partial charge in [0.05, 0.1) is 41.0 Å². The Morgan fingerprint density at radius 1 is 0.672 bits per heavy atom. The van der Waals surface area contributed by atoms with Crippen molar-refractivity contribution in [3.63, 3.8) is 0 Å². The monoisotopic (exact) mass is 1010 g/mol. The molecule has 0 aromatic carbocycles. The molecule has 0 bridgehead atoms. The van der Waals surface area contributed by atoms with Crippen LogP contribution in [0.1, 0.15) is 191 Å². The van der Waals surface area contributed by atoms with E-state index < -0.39 is 22.9 Å². The van der Waals surface area contributed by atoms with Crippen molar-refractivity contribution in [2.24, 2.45) is 80.8 Å². The van der Waals surface area contributed by atoms with Crippen LogP contribution in [0.25, 0.3) is 0 Å². The molecule has 2 aromatic rings. The van der Waals surface area contributed by atoms with Crippen LogP contribution in [0.3, 0.4) is 0 Å². The zero-order chi connectivity index (χ0) is 46.3. The number of ketones is 2. The van der Waals surface area contributed by atoms with Crippen molar-refractivity contribution in [3.05, 3.63) is 35.9 Å². The first-order valence-corrected chi connectivity index (χ1v) is 26.2. The Labute approximate surface area is 411 Å². The zero-order valence-corrected chi connectivity index (χ0v) is 41.4. The summed E-state index contributed by atoms with van der Waals surface area (Å²) in [6.45, 7) is 15.7. The Morgan fingerprint density at radius 3 is 1.52 bits per heavy atom. The summed E-state index contributed by atoms with van der Waals surface area (Å²) in [5, 5.41) is 32.0. The van der Waals surface area contributed by atoms with E-state index in [0.717, 1.165) is 105 Å². The van der Waals surface area contributed by atoms with E-state index in [0.29, 0.717) is 46.1 Å². The number of aromatic amines is 1. The van der Waals surface area contributed by atoms with Gasteiger partial charge in [-0.3, -0.25) is 19.4 Å². The fraction of sp³-hybridized carbons (Fsp3) is 0.855. The third-order valence-electron chi connectivity index (χ3n) is 20.7. The van der Waals surface area contributed by atoms with Crippen LogP contribution >= 0.6 is 15.9 Å². The molecular formula is C55H90BrF3N4O4. The number of aliphatic hydroxyl groups is 2. The number of halogens is 4. The molecule has 0 aliphatic heterocycles. The first-order valence-electron chi connectivity index (χ1n) is 25.1. The number of carbonyl (C=O) groups is 2. The minimum atomic E-state index is -4.44. The molecule has 0 radical (unpaired) electrons. The maximum atomic E-state index is 13.3. The predicted octanol–water partition coefficient (Wildman–Crippen LogP) is 13.9. The van der Waals surface area contributed by atoms with Crippen molar-refractivity contribution in [1.82, 2.24) is 20.0 Å². The van der Waals surface area contributed by atoms with E-state index >= 15 is 0 Å². The van der Waals surface area contributed by atoms with Crippen LogP contribution in [0.2, 0.25) is 0 Å². The van der Waals surface area contributed by atoms with Gasteiger partial charge in [0.15, 0.2) is 5.78 Å². The third-order valence-corrected chi connectivity index (χ3v) is 21.3. The van der Waals surface area contributed by atoms with Crippen LogP contribution in [0, 0.1) is 87.8 Å². The highest BCUT2D eigenvalue weighted by Gasteiger charge is 2.63. The molecule has 67 heavy (non-hydrogen) atoms. The van der Waals surface area contributed by atoms with E-state index in [4.69, 9.17) is 0 Å². The fourth-order valence-electron chi connectivity index (χ4n) is 17.2. The highest BCUT2D eigenvalue weighted by atomic mass is 79.9. The van der Waals surface area contributed by atoms with Gasteiger partial charge in [0.1, 0.15) is 5.78 Å². The van der Waals surface area contributed by atoms with E-state index in [1.165, 1.54) is 50.5 Å². The lowest BCUT2D eigenvalue weighted by Crippen LogP contribution is -2.55. The molecule has 0 saturated heterocycles. The van der Waals surface area contributed by atoms with Gasteiger partial charge in [-0.1, -0.05) is 65.9 Å². The van der Waals surface area contributed by atoms with Crippen LogP contribution in [0.15, 0.2) is 24.8 Å². The summed E-state index contributed by atoms with van der Waals surface area (Å²) in [6, 6.07) is 0. The summed E-state index contributed by atoms with van der Waals surface area (Å²) in [5.74, 6) is 6.10.